The number of rotatable bonds is 3. The van der Waals surface area contributed by atoms with E-state index in [1.54, 1.807) is 4.90 Å². The van der Waals surface area contributed by atoms with Gasteiger partial charge in [0.05, 0.1) is 11.9 Å². The normalized spacial score (nSPS) is 18.7. The highest BCUT2D eigenvalue weighted by molar-refractivity contribution is 5.65. The van der Waals surface area contributed by atoms with Crippen molar-refractivity contribution in [2.75, 3.05) is 6.54 Å². The number of benzene rings is 1. The quantitative estimate of drug-likeness (QED) is 0.910. The minimum atomic E-state index is -0.825. The van der Waals surface area contributed by atoms with Gasteiger partial charge in [-0.05, 0) is 24.8 Å². The van der Waals surface area contributed by atoms with Crippen molar-refractivity contribution in [2.24, 2.45) is 0 Å². The van der Waals surface area contributed by atoms with Gasteiger partial charge < -0.3 is 15.0 Å². The number of carbonyl (C=O) groups is 1. The van der Waals surface area contributed by atoms with E-state index in [0.717, 1.165) is 36.3 Å². The lowest BCUT2D eigenvalue weighted by Gasteiger charge is -2.33. The summed E-state index contributed by atoms with van der Waals surface area (Å²) in [5.74, 6) is 0.854. The first-order valence-electron chi connectivity index (χ1n) is 7.33. The van der Waals surface area contributed by atoms with Crippen LogP contribution in [-0.2, 0) is 6.42 Å². The van der Waals surface area contributed by atoms with Crippen LogP contribution in [0.3, 0.4) is 0 Å². The molecule has 0 aliphatic carbocycles. The van der Waals surface area contributed by atoms with Crippen LogP contribution < -0.4 is 0 Å². The van der Waals surface area contributed by atoms with E-state index in [9.17, 15) is 9.90 Å². The van der Waals surface area contributed by atoms with Gasteiger partial charge >= 0.3 is 6.09 Å². The minimum Gasteiger partial charge on any atom is -0.465 e. The van der Waals surface area contributed by atoms with Crippen LogP contribution in [0.2, 0.25) is 0 Å². The number of likely N-dealkylation sites (tertiary alicyclic amines) is 1. The number of aromatic nitrogens is 2. The molecule has 0 radical (unpaired) electrons. The number of carboxylic acid groups (broad SMARTS) is 1. The lowest BCUT2D eigenvalue weighted by Crippen LogP contribution is -2.44. The fraction of sp³-hybridized carbons (Fsp3) is 0.375. The van der Waals surface area contributed by atoms with E-state index >= 15 is 0 Å². The SMILES string of the molecule is O=C(O)N1CCCCC1Cc1ncc(-c2ccccc2)[nH]1. The van der Waals surface area contributed by atoms with E-state index in [-0.39, 0.29) is 6.04 Å². The molecular weight excluding hydrogens is 266 g/mol. The number of hydrogen-bond acceptors (Lipinski definition) is 2. The molecule has 0 bridgehead atoms. The second-order valence-corrected chi connectivity index (χ2v) is 5.44. The number of nitrogens with one attached hydrogen (secondary N) is 1. The van der Waals surface area contributed by atoms with E-state index in [2.05, 4.69) is 9.97 Å². The van der Waals surface area contributed by atoms with Crippen LogP contribution >= 0.6 is 0 Å². The fourth-order valence-electron chi connectivity index (χ4n) is 2.92. The second-order valence-electron chi connectivity index (χ2n) is 5.44. The molecule has 0 saturated carbocycles. The number of nitrogens with zero attached hydrogens (tertiary/aromatic N) is 2. The van der Waals surface area contributed by atoms with Crippen LogP contribution in [0.5, 0.6) is 0 Å². The first kappa shape index (κ1) is 13.7. The summed E-state index contributed by atoms with van der Waals surface area (Å²) in [5.41, 5.74) is 2.07. The molecule has 21 heavy (non-hydrogen) atoms. The first-order valence-corrected chi connectivity index (χ1v) is 7.33. The van der Waals surface area contributed by atoms with Gasteiger partial charge in [0.1, 0.15) is 5.82 Å². The van der Waals surface area contributed by atoms with Gasteiger partial charge in [0.25, 0.3) is 0 Å². The third-order valence-corrected chi connectivity index (χ3v) is 4.02. The third kappa shape index (κ3) is 3.07. The van der Waals surface area contributed by atoms with Crippen LogP contribution in [0.4, 0.5) is 4.79 Å². The monoisotopic (exact) mass is 285 g/mol. The van der Waals surface area contributed by atoms with Gasteiger partial charge in [-0.1, -0.05) is 30.3 Å². The largest absolute Gasteiger partial charge is 0.465 e. The Hall–Kier alpha value is -2.30. The summed E-state index contributed by atoms with van der Waals surface area (Å²) in [4.78, 5) is 20.5. The summed E-state index contributed by atoms with van der Waals surface area (Å²) in [7, 11) is 0. The van der Waals surface area contributed by atoms with E-state index in [1.807, 2.05) is 36.5 Å². The molecule has 1 aromatic carbocycles. The van der Waals surface area contributed by atoms with Crippen molar-refractivity contribution in [1.29, 1.82) is 0 Å². The number of imidazole rings is 1. The van der Waals surface area contributed by atoms with Crippen molar-refractivity contribution >= 4 is 6.09 Å². The Balaban J connectivity index is 1.73. The van der Waals surface area contributed by atoms with Crippen LogP contribution in [0, 0.1) is 0 Å². The molecule has 1 amide bonds. The van der Waals surface area contributed by atoms with E-state index < -0.39 is 6.09 Å². The molecule has 1 aliphatic rings. The summed E-state index contributed by atoms with van der Waals surface area (Å²) < 4.78 is 0. The van der Waals surface area contributed by atoms with Crippen molar-refractivity contribution < 1.29 is 9.90 Å². The molecule has 0 spiro atoms. The Bertz CT molecular complexity index is 609. The highest BCUT2D eigenvalue weighted by Crippen LogP contribution is 2.22. The third-order valence-electron chi connectivity index (χ3n) is 4.02. The highest BCUT2D eigenvalue weighted by Gasteiger charge is 2.27. The first-order chi connectivity index (χ1) is 10.2. The molecule has 2 aromatic rings. The molecule has 1 aromatic heterocycles. The lowest BCUT2D eigenvalue weighted by molar-refractivity contribution is 0.106. The molecule has 1 atom stereocenters. The molecular formula is C16H19N3O2. The summed E-state index contributed by atoms with van der Waals surface area (Å²) in [6.45, 7) is 0.631. The van der Waals surface area contributed by atoms with Crippen LogP contribution in [0.15, 0.2) is 36.5 Å². The summed E-state index contributed by atoms with van der Waals surface area (Å²) in [5, 5.41) is 9.27. The molecule has 1 saturated heterocycles. The van der Waals surface area contributed by atoms with Crippen molar-refractivity contribution in [3.8, 4) is 11.3 Å². The Labute approximate surface area is 123 Å². The molecule has 110 valence electrons. The number of hydrogen-bond donors (Lipinski definition) is 2. The molecule has 5 heteroatoms. The molecule has 5 nitrogen and oxygen atoms in total. The topological polar surface area (TPSA) is 69.2 Å². The fourth-order valence-corrected chi connectivity index (χ4v) is 2.92. The molecule has 2 N–H and O–H groups in total. The smallest absolute Gasteiger partial charge is 0.407 e. The maximum Gasteiger partial charge on any atom is 0.407 e. The molecule has 1 unspecified atom stereocenters. The zero-order valence-corrected chi connectivity index (χ0v) is 11.8. The number of amides is 1. The van der Waals surface area contributed by atoms with Crippen molar-refractivity contribution in [3.63, 3.8) is 0 Å². The summed E-state index contributed by atoms with van der Waals surface area (Å²) in [6.07, 6.45) is 4.59. The van der Waals surface area contributed by atoms with Crippen molar-refractivity contribution in [3.05, 3.63) is 42.4 Å². The van der Waals surface area contributed by atoms with Gasteiger partial charge in [0.2, 0.25) is 0 Å². The highest BCUT2D eigenvalue weighted by atomic mass is 16.4. The Morgan fingerprint density at radius 1 is 1.33 bits per heavy atom. The molecule has 1 fully saturated rings. The van der Waals surface area contributed by atoms with Crippen LogP contribution in [0.1, 0.15) is 25.1 Å². The standard InChI is InChI=1S/C16H19N3O2/c20-16(21)19-9-5-4-8-13(19)10-15-17-11-14(18-15)12-6-2-1-3-7-12/h1-3,6-7,11,13H,4-5,8-10H2,(H,17,18)(H,20,21). The Morgan fingerprint density at radius 3 is 2.90 bits per heavy atom. The molecule has 2 heterocycles. The van der Waals surface area contributed by atoms with Crippen molar-refractivity contribution in [1.82, 2.24) is 14.9 Å². The molecule has 1 aliphatic heterocycles. The lowest BCUT2D eigenvalue weighted by atomic mass is 10.00. The van der Waals surface area contributed by atoms with Crippen molar-refractivity contribution in [2.45, 2.75) is 31.7 Å². The number of piperidine rings is 1. The number of H-pyrrole nitrogens is 1. The van der Waals surface area contributed by atoms with E-state index in [1.165, 1.54) is 0 Å². The Kier molecular flexibility index (Phi) is 3.90. The van der Waals surface area contributed by atoms with E-state index in [4.69, 9.17) is 0 Å². The van der Waals surface area contributed by atoms with Gasteiger partial charge in [-0.2, -0.15) is 0 Å². The number of aromatic amines is 1. The molecule has 3 rings (SSSR count). The summed E-state index contributed by atoms with van der Waals surface area (Å²) in [6, 6.07) is 10.0. The van der Waals surface area contributed by atoms with Gasteiger partial charge in [-0.25, -0.2) is 9.78 Å². The van der Waals surface area contributed by atoms with Crippen LogP contribution in [0.25, 0.3) is 11.3 Å². The van der Waals surface area contributed by atoms with Crippen LogP contribution in [-0.4, -0.2) is 38.7 Å². The maximum absolute atomic E-state index is 11.3. The maximum atomic E-state index is 11.3. The minimum absolute atomic E-state index is 0.0334. The predicted octanol–water partition coefficient (Wildman–Crippen LogP) is 3.15. The zero-order chi connectivity index (χ0) is 14.7. The summed E-state index contributed by atoms with van der Waals surface area (Å²) >= 11 is 0. The van der Waals surface area contributed by atoms with Gasteiger partial charge in [-0.15, -0.1) is 0 Å². The van der Waals surface area contributed by atoms with Gasteiger partial charge in [0, 0.05) is 19.0 Å². The van der Waals surface area contributed by atoms with Gasteiger partial charge in [-0.3, -0.25) is 0 Å². The average Bonchev–Trinajstić information content (AvgIpc) is 2.97. The zero-order valence-electron chi connectivity index (χ0n) is 11.8. The Morgan fingerprint density at radius 2 is 2.14 bits per heavy atom. The second kappa shape index (κ2) is 5.99. The van der Waals surface area contributed by atoms with E-state index in [0.29, 0.717) is 13.0 Å². The average molecular weight is 285 g/mol. The van der Waals surface area contributed by atoms with Gasteiger partial charge in [0.15, 0.2) is 0 Å². The predicted molar refractivity (Wildman–Crippen MR) is 80.1 cm³/mol.